The first-order chi connectivity index (χ1) is 6.22. The van der Waals surface area contributed by atoms with Gasteiger partial charge in [0.2, 0.25) is 0 Å². The van der Waals surface area contributed by atoms with Gasteiger partial charge in [-0.1, -0.05) is 11.8 Å². The summed E-state index contributed by atoms with van der Waals surface area (Å²) in [5.74, 6) is 0.597. The van der Waals surface area contributed by atoms with Crippen molar-refractivity contribution in [1.29, 1.82) is 5.26 Å². The van der Waals surface area contributed by atoms with E-state index in [4.69, 9.17) is 5.26 Å². The largest absolute Gasteiger partial charge is 0.372 e. The number of aryl methyl sites for hydroxylation is 1. The number of nitriles is 1. The van der Waals surface area contributed by atoms with Crippen LogP contribution in [0.3, 0.4) is 0 Å². The van der Waals surface area contributed by atoms with E-state index in [0.29, 0.717) is 22.2 Å². The van der Waals surface area contributed by atoms with E-state index in [1.807, 2.05) is 6.26 Å². The summed E-state index contributed by atoms with van der Waals surface area (Å²) in [5, 5.41) is 12.4. The van der Waals surface area contributed by atoms with Crippen LogP contribution in [0, 0.1) is 18.3 Å². The summed E-state index contributed by atoms with van der Waals surface area (Å²) in [5.41, 5.74) is 1.23. The number of anilines is 1. The van der Waals surface area contributed by atoms with Crippen LogP contribution in [0.5, 0.6) is 0 Å². The second-order valence-corrected chi connectivity index (χ2v) is 3.15. The van der Waals surface area contributed by atoms with Crippen molar-refractivity contribution in [2.24, 2.45) is 0 Å². The van der Waals surface area contributed by atoms with Crippen LogP contribution in [0.25, 0.3) is 0 Å². The number of nitrogens with zero attached hydrogens (tertiary/aromatic N) is 3. The van der Waals surface area contributed by atoms with Crippen molar-refractivity contribution in [3.05, 3.63) is 11.3 Å². The molecule has 0 saturated carbocycles. The highest BCUT2D eigenvalue weighted by Gasteiger charge is 2.08. The van der Waals surface area contributed by atoms with Gasteiger partial charge in [0.05, 0.1) is 5.69 Å². The lowest BCUT2D eigenvalue weighted by Crippen LogP contribution is -2.02. The summed E-state index contributed by atoms with van der Waals surface area (Å²) in [6.45, 7) is 1.81. The summed E-state index contributed by atoms with van der Waals surface area (Å²) >= 11 is 1.46. The Bertz CT molecular complexity index is 356. The van der Waals surface area contributed by atoms with Gasteiger partial charge in [0, 0.05) is 7.05 Å². The van der Waals surface area contributed by atoms with Crippen molar-refractivity contribution in [1.82, 2.24) is 9.97 Å². The van der Waals surface area contributed by atoms with Gasteiger partial charge in [-0.2, -0.15) is 5.26 Å². The molecule has 4 nitrogen and oxygen atoms in total. The van der Waals surface area contributed by atoms with Gasteiger partial charge < -0.3 is 5.32 Å². The van der Waals surface area contributed by atoms with Crippen molar-refractivity contribution in [3.63, 3.8) is 0 Å². The van der Waals surface area contributed by atoms with E-state index in [1.165, 1.54) is 11.8 Å². The van der Waals surface area contributed by atoms with Crippen molar-refractivity contribution in [2.45, 2.75) is 12.1 Å². The zero-order valence-electron chi connectivity index (χ0n) is 7.75. The molecular weight excluding hydrogens is 184 g/mol. The van der Waals surface area contributed by atoms with Gasteiger partial charge >= 0.3 is 0 Å². The molecule has 0 aromatic carbocycles. The molecule has 0 spiro atoms. The van der Waals surface area contributed by atoms with Crippen LogP contribution in [0.4, 0.5) is 5.82 Å². The molecule has 1 aromatic heterocycles. The van der Waals surface area contributed by atoms with E-state index >= 15 is 0 Å². The van der Waals surface area contributed by atoms with Crippen molar-refractivity contribution in [2.75, 3.05) is 18.6 Å². The molecule has 0 saturated heterocycles. The fraction of sp³-hybridized carbons (Fsp3) is 0.375. The standard InChI is InChI=1S/C8H10N4S/c1-5-6(4-9)7(10-2)12-8(11-5)13-3/h1-3H3,(H,10,11,12). The Kier molecular flexibility index (Phi) is 3.09. The predicted molar refractivity (Wildman–Crippen MR) is 52.8 cm³/mol. The monoisotopic (exact) mass is 194 g/mol. The molecule has 0 fully saturated rings. The highest BCUT2D eigenvalue weighted by Crippen LogP contribution is 2.18. The topological polar surface area (TPSA) is 61.6 Å². The third-order valence-electron chi connectivity index (χ3n) is 1.60. The zero-order chi connectivity index (χ0) is 9.84. The first kappa shape index (κ1) is 9.81. The molecule has 68 valence electrons. The first-order valence-electron chi connectivity index (χ1n) is 3.73. The highest BCUT2D eigenvalue weighted by molar-refractivity contribution is 7.98. The average Bonchev–Trinajstić information content (AvgIpc) is 2.16. The Morgan fingerprint density at radius 2 is 2.15 bits per heavy atom. The average molecular weight is 194 g/mol. The maximum Gasteiger partial charge on any atom is 0.189 e. The third kappa shape index (κ3) is 1.90. The van der Waals surface area contributed by atoms with E-state index in [2.05, 4.69) is 21.4 Å². The SMILES string of the molecule is CNc1nc(SC)nc(C)c1C#N. The van der Waals surface area contributed by atoms with Crippen LogP contribution in [0.1, 0.15) is 11.3 Å². The molecule has 0 aliphatic carbocycles. The normalized spacial score (nSPS) is 9.38. The smallest absolute Gasteiger partial charge is 0.189 e. The number of hydrogen-bond acceptors (Lipinski definition) is 5. The summed E-state index contributed by atoms with van der Waals surface area (Å²) in [7, 11) is 1.74. The molecular formula is C8H10N4S. The van der Waals surface area contributed by atoms with E-state index in [1.54, 1.807) is 14.0 Å². The molecule has 1 N–H and O–H groups in total. The van der Waals surface area contributed by atoms with Gasteiger partial charge in [-0.3, -0.25) is 0 Å². The van der Waals surface area contributed by atoms with Gasteiger partial charge in [-0.25, -0.2) is 9.97 Å². The van der Waals surface area contributed by atoms with Crippen LogP contribution >= 0.6 is 11.8 Å². The molecule has 0 radical (unpaired) electrons. The minimum atomic E-state index is 0.514. The molecule has 1 rings (SSSR count). The number of hydrogen-bond donors (Lipinski definition) is 1. The van der Waals surface area contributed by atoms with Crippen LogP contribution in [-0.2, 0) is 0 Å². The summed E-state index contributed by atoms with van der Waals surface area (Å²) in [4.78, 5) is 8.32. The van der Waals surface area contributed by atoms with Crippen LogP contribution < -0.4 is 5.32 Å². The van der Waals surface area contributed by atoms with Crippen LogP contribution in [0.2, 0.25) is 0 Å². The zero-order valence-corrected chi connectivity index (χ0v) is 8.57. The number of thioether (sulfide) groups is 1. The third-order valence-corrected chi connectivity index (χ3v) is 2.15. The van der Waals surface area contributed by atoms with Crippen LogP contribution in [0.15, 0.2) is 5.16 Å². The molecule has 0 amide bonds. The molecule has 0 aliphatic rings. The van der Waals surface area contributed by atoms with E-state index in [-0.39, 0.29) is 0 Å². The molecule has 0 unspecified atom stereocenters. The summed E-state index contributed by atoms with van der Waals surface area (Å²) in [6.07, 6.45) is 1.90. The Hall–Kier alpha value is -1.28. The molecule has 5 heteroatoms. The van der Waals surface area contributed by atoms with E-state index in [9.17, 15) is 0 Å². The van der Waals surface area contributed by atoms with Crippen molar-refractivity contribution < 1.29 is 0 Å². The van der Waals surface area contributed by atoms with E-state index in [0.717, 1.165) is 0 Å². The number of nitrogens with one attached hydrogen (secondary N) is 1. The fourth-order valence-corrected chi connectivity index (χ4v) is 1.36. The highest BCUT2D eigenvalue weighted by atomic mass is 32.2. The fourth-order valence-electron chi connectivity index (χ4n) is 0.953. The lowest BCUT2D eigenvalue weighted by molar-refractivity contribution is 0.930. The van der Waals surface area contributed by atoms with Crippen LogP contribution in [-0.4, -0.2) is 23.3 Å². The second kappa shape index (κ2) is 4.10. The molecule has 0 atom stereocenters. The lowest BCUT2D eigenvalue weighted by atomic mass is 10.2. The summed E-state index contributed by atoms with van der Waals surface area (Å²) < 4.78 is 0. The van der Waals surface area contributed by atoms with Gasteiger partial charge in [-0.05, 0) is 13.2 Å². The quantitative estimate of drug-likeness (QED) is 0.570. The maximum absolute atomic E-state index is 8.82. The molecule has 13 heavy (non-hydrogen) atoms. The molecule has 0 bridgehead atoms. The van der Waals surface area contributed by atoms with Gasteiger partial charge in [0.25, 0.3) is 0 Å². The second-order valence-electron chi connectivity index (χ2n) is 2.38. The van der Waals surface area contributed by atoms with Crippen molar-refractivity contribution in [3.8, 4) is 6.07 Å². The van der Waals surface area contributed by atoms with Gasteiger partial charge in [0.1, 0.15) is 17.5 Å². The summed E-state index contributed by atoms with van der Waals surface area (Å²) in [6, 6.07) is 2.07. The minimum absolute atomic E-state index is 0.514. The molecule has 0 aliphatic heterocycles. The van der Waals surface area contributed by atoms with E-state index < -0.39 is 0 Å². The maximum atomic E-state index is 8.82. The Morgan fingerprint density at radius 3 is 2.62 bits per heavy atom. The first-order valence-corrected chi connectivity index (χ1v) is 4.96. The predicted octanol–water partition coefficient (Wildman–Crippen LogP) is 1.42. The number of rotatable bonds is 2. The Labute approximate surface area is 81.4 Å². The van der Waals surface area contributed by atoms with Gasteiger partial charge in [0.15, 0.2) is 5.16 Å². The number of aromatic nitrogens is 2. The molecule has 1 aromatic rings. The van der Waals surface area contributed by atoms with Crippen molar-refractivity contribution >= 4 is 17.6 Å². The minimum Gasteiger partial charge on any atom is -0.372 e. The molecule has 1 heterocycles. The lowest BCUT2D eigenvalue weighted by Gasteiger charge is -2.05. The van der Waals surface area contributed by atoms with Gasteiger partial charge in [-0.15, -0.1) is 0 Å². The Balaban J connectivity index is 3.31. The Morgan fingerprint density at radius 1 is 1.46 bits per heavy atom.